The van der Waals surface area contributed by atoms with Crippen molar-refractivity contribution in [3.63, 3.8) is 0 Å². The van der Waals surface area contributed by atoms with E-state index in [0.717, 1.165) is 18.6 Å². The quantitative estimate of drug-likeness (QED) is 0.481. The SMILES string of the molecule is CC1(C)SC2C(NC(=O)C(NC3CCCS3)c3ccc(O)cc3)C(=O)N2C1C(=O)O. The summed E-state index contributed by atoms with van der Waals surface area (Å²) < 4.78 is -0.638. The van der Waals surface area contributed by atoms with Gasteiger partial charge in [0.15, 0.2) is 0 Å². The maximum atomic E-state index is 13.2. The molecule has 2 amide bonds. The molecule has 0 aliphatic carbocycles. The predicted octanol–water partition coefficient (Wildman–Crippen LogP) is 1.51. The highest BCUT2D eigenvalue weighted by Crippen LogP contribution is 2.50. The van der Waals surface area contributed by atoms with Gasteiger partial charge in [0.1, 0.15) is 29.2 Å². The number of carbonyl (C=O) groups excluding carboxylic acids is 2. The monoisotopic (exact) mass is 451 g/mol. The standard InChI is InChI=1S/C20H25N3O5S2/c1-20(2)15(19(27)28)23-17(26)14(18(23)30-20)22-16(25)13(21-12-4-3-9-29-12)10-5-7-11(24)8-6-10/h5-8,12-15,18,21,24H,3-4,9H2,1-2H3,(H,22,25)(H,27,28). The van der Waals surface area contributed by atoms with Crippen molar-refractivity contribution < 1.29 is 24.6 Å². The maximum Gasteiger partial charge on any atom is 0.327 e. The van der Waals surface area contributed by atoms with Gasteiger partial charge in [0, 0.05) is 4.75 Å². The fourth-order valence-electron chi connectivity index (χ4n) is 4.27. The van der Waals surface area contributed by atoms with Gasteiger partial charge in [0.2, 0.25) is 11.8 Å². The molecule has 0 saturated carbocycles. The van der Waals surface area contributed by atoms with Crippen molar-refractivity contribution in [2.75, 3.05) is 5.75 Å². The smallest absolute Gasteiger partial charge is 0.327 e. The second-order valence-electron chi connectivity index (χ2n) is 8.28. The Balaban J connectivity index is 1.51. The summed E-state index contributed by atoms with van der Waals surface area (Å²) in [4.78, 5) is 38.9. The van der Waals surface area contributed by atoms with E-state index in [0.29, 0.717) is 5.56 Å². The fourth-order valence-corrected chi connectivity index (χ4v) is 7.08. The first kappa shape index (κ1) is 21.3. The Morgan fingerprint density at radius 2 is 1.97 bits per heavy atom. The van der Waals surface area contributed by atoms with Gasteiger partial charge in [-0.3, -0.25) is 14.9 Å². The molecular weight excluding hydrogens is 426 g/mol. The number of phenolic OH excluding ortho intramolecular Hbond substituents is 1. The molecule has 5 atom stereocenters. The number of benzene rings is 1. The van der Waals surface area contributed by atoms with Gasteiger partial charge in [0.25, 0.3) is 0 Å². The minimum absolute atomic E-state index is 0.113. The van der Waals surface area contributed by atoms with E-state index in [2.05, 4.69) is 10.6 Å². The van der Waals surface area contributed by atoms with E-state index < -0.39 is 28.8 Å². The Morgan fingerprint density at radius 1 is 1.27 bits per heavy atom. The summed E-state index contributed by atoms with van der Waals surface area (Å²) in [6.45, 7) is 3.61. The lowest BCUT2D eigenvalue weighted by Crippen LogP contribution is -2.71. The van der Waals surface area contributed by atoms with Crippen molar-refractivity contribution in [2.45, 2.75) is 60.3 Å². The van der Waals surface area contributed by atoms with Crippen LogP contribution in [-0.4, -0.2) is 66.2 Å². The number of amides is 2. The molecule has 3 fully saturated rings. The molecule has 0 radical (unpaired) electrons. The summed E-state index contributed by atoms with van der Waals surface area (Å²) in [6.07, 6.45) is 2.03. The second kappa shape index (κ2) is 7.97. The van der Waals surface area contributed by atoms with E-state index in [1.54, 1.807) is 37.7 Å². The average molecular weight is 452 g/mol. The number of carboxylic acids is 1. The van der Waals surface area contributed by atoms with Crippen LogP contribution in [0.1, 0.15) is 38.3 Å². The van der Waals surface area contributed by atoms with Crippen molar-refractivity contribution in [3.8, 4) is 5.75 Å². The van der Waals surface area contributed by atoms with Crippen LogP contribution in [0, 0.1) is 0 Å². The molecular formula is C20H25N3O5S2. The van der Waals surface area contributed by atoms with Gasteiger partial charge < -0.3 is 20.4 Å². The maximum absolute atomic E-state index is 13.2. The average Bonchev–Trinajstić information content (AvgIpc) is 3.28. The van der Waals surface area contributed by atoms with Crippen molar-refractivity contribution in [1.29, 1.82) is 0 Å². The molecule has 8 nitrogen and oxygen atoms in total. The normalized spacial score (nSPS) is 30.5. The molecule has 3 heterocycles. The summed E-state index contributed by atoms with van der Waals surface area (Å²) >= 11 is 3.16. The number of fused-ring (bicyclic) bond motifs is 1. The van der Waals surface area contributed by atoms with Crippen molar-refractivity contribution in [2.24, 2.45) is 0 Å². The van der Waals surface area contributed by atoms with E-state index in [1.165, 1.54) is 28.8 Å². The van der Waals surface area contributed by atoms with Gasteiger partial charge in [-0.25, -0.2) is 4.79 Å². The number of rotatable bonds is 6. The largest absolute Gasteiger partial charge is 0.508 e. The van der Waals surface area contributed by atoms with E-state index in [9.17, 15) is 24.6 Å². The minimum atomic E-state index is -1.03. The first-order chi connectivity index (χ1) is 14.2. The number of thioether (sulfide) groups is 2. The van der Waals surface area contributed by atoms with Crippen molar-refractivity contribution in [3.05, 3.63) is 29.8 Å². The highest BCUT2D eigenvalue weighted by molar-refractivity contribution is 8.01. The zero-order chi connectivity index (χ0) is 21.6. The molecule has 162 valence electrons. The Hall–Kier alpha value is -1.91. The summed E-state index contributed by atoms with van der Waals surface area (Å²) in [5.41, 5.74) is 0.698. The molecule has 0 aromatic heterocycles. The Morgan fingerprint density at radius 3 is 2.57 bits per heavy atom. The third-order valence-electron chi connectivity index (χ3n) is 5.74. The second-order valence-corrected chi connectivity index (χ2v) is 11.4. The lowest BCUT2D eigenvalue weighted by molar-refractivity contribution is -0.161. The molecule has 3 aliphatic heterocycles. The molecule has 5 unspecified atom stereocenters. The zero-order valence-corrected chi connectivity index (χ0v) is 18.3. The summed E-state index contributed by atoms with van der Waals surface area (Å²) in [5.74, 6) is -0.582. The third kappa shape index (κ3) is 3.76. The number of hydrogen-bond acceptors (Lipinski definition) is 7. The molecule has 0 bridgehead atoms. The highest BCUT2D eigenvalue weighted by atomic mass is 32.2. The van der Waals surface area contributed by atoms with E-state index in [1.807, 2.05) is 0 Å². The predicted molar refractivity (Wildman–Crippen MR) is 115 cm³/mol. The zero-order valence-electron chi connectivity index (χ0n) is 16.7. The number of hydrogen-bond donors (Lipinski definition) is 4. The lowest BCUT2D eigenvalue weighted by atomic mass is 9.95. The number of aliphatic carboxylic acids is 1. The molecule has 0 spiro atoms. The lowest BCUT2D eigenvalue weighted by Gasteiger charge is -2.44. The van der Waals surface area contributed by atoms with Crippen molar-refractivity contribution >= 4 is 41.3 Å². The molecule has 4 rings (SSSR count). The van der Waals surface area contributed by atoms with Gasteiger partial charge in [0.05, 0.1) is 5.37 Å². The highest BCUT2D eigenvalue weighted by Gasteiger charge is 2.64. The van der Waals surface area contributed by atoms with Crippen LogP contribution in [0.25, 0.3) is 0 Å². The van der Waals surface area contributed by atoms with Gasteiger partial charge in [-0.1, -0.05) is 12.1 Å². The van der Waals surface area contributed by atoms with Gasteiger partial charge in [-0.2, -0.15) is 0 Å². The molecule has 1 aromatic carbocycles. The van der Waals surface area contributed by atoms with Gasteiger partial charge >= 0.3 is 5.97 Å². The van der Waals surface area contributed by atoms with Crippen LogP contribution in [-0.2, 0) is 14.4 Å². The van der Waals surface area contributed by atoms with Crippen LogP contribution in [0.3, 0.4) is 0 Å². The molecule has 30 heavy (non-hydrogen) atoms. The summed E-state index contributed by atoms with van der Waals surface area (Å²) in [5, 5.41) is 25.1. The number of β-lactam (4-membered cyclic amide) rings is 1. The fraction of sp³-hybridized carbons (Fsp3) is 0.550. The van der Waals surface area contributed by atoms with E-state index in [4.69, 9.17) is 0 Å². The molecule has 1 aromatic rings. The number of phenols is 1. The Labute approximate surface area is 183 Å². The van der Waals surface area contributed by atoms with E-state index in [-0.39, 0.29) is 28.3 Å². The minimum Gasteiger partial charge on any atom is -0.508 e. The topological polar surface area (TPSA) is 119 Å². The van der Waals surface area contributed by atoms with Crippen LogP contribution < -0.4 is 10.6 Å². The Kier molecular flexibility index (Phi) is 5.67. The van der Waals surface area contributed by atoms with Crippen LogP contribution in [0.2, 0.25) is 0 Å². The first-order valence-corrected chi connectivity index (χ1v) is 11.8. The van der Waals surface area contributed by atoms with Gasteiger partial charge in [-0.15, -0.1) is 23.5 Å². The van der Waals surface area contributed by atoms with Crippen LogP contribution in [0.4, 0.5) is 0 Å². The van der Waals surface area contributed by atoms with Crippen LogP contribution >= 0.6 is 23.5 Å². The molecule has 3 aliphatic rings. The van der Waals surface area contributed by atoms with E-state index >= 15 is 0 Å². The van der Waals surface area contributed by atoms with Crippen molar-refractivity contribution in [1.82, 2.24) is 15.5 Å². The number of nitrogens with zero attached hydrogens (tertiary/aromatic N) is 1. The Bertz CT molecular complexity index is 857. The number of nitrogens with one attached hydrogen (secondary N) is 2. The summed E-state index contributed by atoms with van der Waals surface area (Å²) in [7, 11) is 0. The third-order valence-corrected chi connectivity index (χ3v) is 8.61. The summed E-state index contributed by atoms with van der Waals surface area (Å²) in [6, 6.07) is 4.12. The molecule has 4 N–H and O–H groups in total. The van der Waals surface area contributed by atoms with Crippen LogP contribution in [0.15, 0.2) is 24.3 Å². The number of aromatic hydroxyl groups is 1. The first-order valence-electron chi connectivity index (χ1n) is 9.89. The van der Waals surface area contributed by atoms with Gasteiger partial charge in [-0.05, 0) is 50.1 Å². The molecule has 10 heteroatoms. The number of carbonyl (C=O) groups is 3. The van der Waals surface area contributed by atoms with Crippen LogP contribution in [0.5, 0.6) is 5.75 Å². The number of carboxylic acid groups (broad SMARTS) is 1. The molecule has 3 saturated heterocycles.